The Labute approximate surface area is 216 Å². The van der Waals surface area contributed by atoms with Crippen LogP contribution in [0.15, 0.2) is 35.5 Å². The minimum absolute atomic E-state index is 0.0225. The van der Waals surface area contributed by atoms with E-state index in [-0.39, 0.29) is 23.5 Å². The van der Waals surface area contributed by atoms with E-state index in [0.717, 1.165) is 32.0 Å². The number of ether oxygens (including phenoxy) is 1. The lowest BCUT2D eigenvalue weighted by Crippen LogP contribution is -2.47. The number of rotatable bonds is 7. The summed E-state index contributed by atoms with van der Waals surface area (Å²) >= 11 is 7.61. The second-order valence-corrected chi connectivity index (χ2v) is 10.1. The maximum absolute atomic E-state index is 12.7. The summed E-state index contributed by atoms with van der Waals surface area (Å²) in [7, 11) is 0. The highest BCUT2D eigenvalue weighted by Gasteiger charge is 2.28. The predicted octanol–water partition coefficient (Wildman–Crippen LogP) is 3.66. The molecular formula is C25H32ClN5O3S. The molecule has 2 saturated heterocycles. The maximum Gasteiger partial charge on any atom is 0.309 e. The number of para-hydroxylation sites is 1. The number of piperazine rings is 1. The third-order valence-electron chi connectivity index (χ3n) is 6.51. The average Bonchev–Trinajstić information content (AvgIpc) is 2.87. The minimum atomic E-state index is -0.159. The monoisotopic (exact) mass is 517 g/mol. The molecule has 0 N–H and O–H groups in total. The molecule has 0 bridgehead atoms. The van der Waals surface area contributed by atoms with Crippen molar-refractivity contribution in [2.45, 2.75) is 31.8 Å². The Morgan fingerprint density at radius 1 is 1.06 bits per heavy atom. The number of hydrogen-bond acceptors (Lipinski definition) is 8. The molecule has 0 spiro atoms. The van der Waals surface area contributed by atoms with Crippen LogP contribution in [0.5, 0.6) is 0 Å². The smallest absolute Gasteiger partial charge is 0.309 e. The van der Waals surface area contributed by atoms with Gasteiger partial charge in [0.25, 0.3) is 0 Å². The third-order valence-corrected chi connectivity index (χ3v) is 7.54. The third kappa shape index (κ3) is 6.58. The van der Waals surface area contributed by atoms with Crippen molar-refractivity contribution in [3.63, 3.8) is 0 Å². The van der Waals surface area contributed by atoms with Crippen LogP contribution in [0, 0.1) is 12.8 Å². The number of likely N-dealkylation sites (tertiary alicyclic amines) is 1. The van der Waals surface area contributed by atoms with Gasteiger partial charge in [0.05, 0.1) is 18.3 Å². The second kappa shape index (κ2) is 11.9. The molecule has 0 saturated carbocycles. The van der Waals surface area contributed by atoms with E-state index in [2.05, 4.69) is 51.0 Å². The lowest BCUT2D eigenvalue weighted by atomic mass is 9.97. The number of aromatic nitrogens is 2. The minimum Gasteiger partial charge on any atom is -0.466 e. The van der Waals surface area contributed by atoms with Crippen LogP contribution in [0.1, 0.15) is 25.3 Å². The van der Waals surface area contributed by atoms with Crippen LogP contribution in [0.3, 0.4) is 0 Å². The highest BCUT2D eigenvalue weighted by Crippen LogP contribution is 2.26. The molecule has 0 unspecified atom stereocenters. The summed E-state index contributed by atoms with van der Waals surface area (Å²) in [6.07, 6.45) is 1.28. The Balaban J connectivity index is 1.29. The van der Waals surface area contributed by atoms with E-state index in [1.807, 2.05) is 6.92 Å². The van der Waals surface area contributed by atoms with Crippen molar-refractivity contribution in [3.8, 4) is 0 Å². The first-order chi connectivity index (χ1) is 16.9. The predicted molar refractivity (Wildman–Crippen MR) is 139 cm³/mol. The Bertz CT molecular complexity index is 1040. The van der Waals surface area contributed by atoms with E-state index >= 15 is 0 Å². The fourth-order valence-electron chi connectivity index (χ4n) is 4.55. The van der Waals surface area contributed by atoms with Crippen molar-refractivity contribution >= 4 is 46.7 Å². The Kier molecular flexibility index (Phi) is 8.73. The van der Waals surface area contributed by atoms with Gasteiger partial charge in [-0.1, -0.05) is 41.6 Å². The van der Waals surface area contributed by atoms with E-state index in [9.17, 15) is 9.59 Å². The van der Waals surface area contributed by atoms with Crippen molar-refractivity contribution in [3.05, 3.63) is 41.0 Å². The average molecular weight is 518 g/mol. The van der Waals surface area contributed by atoms with E-state index in [4.69, 9.17) is 16.3 Å². The van der Waals surface area contributed by atoms with Crippen LogP contribution in [0.2, 0.25) is 5.15 Å². The van der Waals surface area contributed by atoms with Crippen LogP contribution < -0.4 is 9.80 Å². The van der Waals surface area contributed by atoms with Gasteiger partial charge >= 0.3 is 5.97 Å². The van der Waals surface area contributed by atoms with Crippen LogP contribution in [0.4, 0.5) is 11.5 Å². The molecule has 0 atom stereocenters. The van der Waals surface area contributed by atoms with Crippen LogP contribution in [-0.4, -0.2) is 78.4 Å². The molecule has 3 heterocycles. The van der Waals surface area contributed by atoms with Gasteiger partial charge in [0, 0.05) is 51.0 Å². The molecule has 0 aliphatic carbocycles. The number of carbonyl (C=O) groups is 2. The molecule has 1 aromatic carbocycles. The van der Waals surface area contributed by atoms with Gasteiger partial charge in [-0.25, -0.2) is 9.97 Å². The first-order valence-corrected chi connectivity index (χ1v) is 13.5. The number of piperidine rings is 1. The summed E-state index contributed by atoms with van der Waals surface area (Å²) in [6, 6.07) is 10.2. The summed E-state index contributed by atoms with van der Waals surface area (Å²) in [5.74, 6) is 0.782. The van der Waals surface area contributed by atoms with E-state index < -0.39 is 0 Å². The quantitative estimate of drug-likeness (QED) is 0.238. The fourth-order valence-corrected chi connectivity index (χ4v) is 5.53. The maximum atomic E-state index is 12.7. The molecule has 2 aromatic rings. The summed E-state index contributed by atoms with van der Waals surface area (Å²) in [5.41, 5.74) is 2.55. The van der Waals surface area contributed by atoms with Gasteiger partial charge in [-0.2, -0.15) is 0 Å². The van der Waals surface area contributed by atoms with Gasteiger partial charge in [0.1, 0.15) is 11.0 Å². The summed E-state index contributed by atoms with van der Waals surface area (Å²) in [4.78, 5) is 40.1. The summed E-state index contributed by atoms with van der Waals surface area (Å²) < 4.78 is 5.11. The zero-order valence-electron chi connectivity index (χ0n) is 20.3. The van der Waals surface area contributed by atoms with Crippen LogP contribution in [-0.2, 0) is 14.3 Å². The summed E-state index contributed by atoms with van der Waals surface area (Å²) in [5, 5.41) is 0.880. The van der Waals surface area contributed by atoms with E-state index in [1.165, 1.54) is 23.0 Å². The summed E-state index contributed by atoms with van der Waals surface area (Å²) in [6.45, 7) is 8.93. The molecular weight excluding hydrogens is 486 g/mol. The number of thioether (sulfide) groups is 1. The highest BCUT2D eigenvalue weighted by molar-refractivity contribution is 7.99. The molecule has 2 fully saturated rings. The van der Waals surface area contributed by atoms with Gasteiger partial charge < -0.3 is 19.4 Å². The number of benzene rings is 1. The van der Waals surface area contributed by atoms with Crippen molar-refractivity contribution in [1.82, 2.24) is 14.9 Å². The first-order valence-electron chi connectivity index (χ1n) is 12.1. The Hall–Kier alpha value is -2.52. The molecule has 188 valence electrons. The molecule has 0 radical (unpaired) electrons. The molecule has 35 heavy (non-hydrogen) atoms. The molecule has 1 amide bonds. The molecule has 2 aliphatic heterocycles. The van der Waals surface area contributed by atoms with Crippen molar-refractivity contribution in [2.24, 2.45) is 5.92 Å². The number of esters is 1. The number of aryl methyl sites for hydroxylation is 1. The van der Waals surface area contributed by atoms with Crippen LogP contribution >= 0.6 is 23.4 Å². The molecule has 10 heteroatoms. The number of carbonyl (C=O) groups excluding carboxylic acids is 2. The molecule has 1 aromatic heterocycles. The number of amides is 1. The van der Waals surface area contributed by atoms with Gasteiger partial charge in [-0.05, 0) is 38.3 Å². The topological polar surface area (TPSA) is 78.9 Å². The second-order valence-electron chi connectivity index (χ2n) is 8.79. The van der Waals surface area contributed by atoms with Gasteiger partial charge in [0.2, 0.25) is 5.91 Å². The van der Waals surface area contributed by atoms with Crippen LogP contribution in [0.25, 0.3) is 0 Å². The lowest BCUT2D eigenvalue weighted by Gasteiger charge is -2.37. The largest absolute Gasteiger partial charge is 0.466 e. The zero-order valence-corrected chi connectivity index (χ0v) is 21.9. The fraction of sp³-hybridized carbons (Fsp3) is 0.520. The van der Waals surface area contributed by atoms with Crippen molar-refractivity contribution in [1.29, 1.82) is 0 Å². The van der Waals surface area contributed by atoms with E-state index in [1.54, 1.807) is 11.0 Å². The van der Waals surface area contributed by atoms with Gasteiger partial charge in [-0.15, -0.1) is 0 Å². The van der Waals surface area contributed by atoms with E-state index in [0.29, 0.717) is 42.8 Å². The van der Waals surface area contributed by atoms with Gasteiger partial charge in [-0.3, -0.25) is 9.59 Å². The number of halogens is 1. The normalized spacial score (nSPS) is 16.9. The SMILES string of the molecule is CCOC(=O)C1CCN(C(=O)CSc2nc(Cl)cc(N3CCN(c4ccccc4C)CC3)n2)CC1. The molecule has 4 rings (SSSR count). The number of anilines is 2. The Morgan fingerprint density at radius 3 is 2.43 bits per heavy atom. The zero-order chi connectivity index (χ0) is 24.8. The first kappa shape index (κ1) is 25.6. The number of nitrogens with zero attached hydrogens (tertiary/aromatic N) is 5. The highest BCUT2D eigenvalue weighted by atomic mass is 35.5. The molecule has 8 nitrogen and oxygen atoms in total. The van der Waals surface area contributed by atoms with Crippen molar-refractivity contribution in [2.75, 3.05) is 61.4 Å². The number of hydrogen-bond donors (Lipinski definition) is 0. The van der Waals surface area contributed by atoms with Gasteiger partial charge in [0.15, 0.2) is 5.16 Å². The molecule has 2 aliphatic rings. The Morgan fingerprint density at radius 2 is 1.74 bits per heavy atom. The lowest BCUT2D eigenvalue weighted by molar-refractivity contribution is -0.151. The van der Waals surface area contributed by atoms with Crippen molar-refractivity contribution < 1.29 is 14.3 Å². The standard InChI is InChI=1S/C25H32ClN5O3S/c1-3-34-24(33)19-8-10-31(11-9-19)23(32)17-35-25-27-21(26)16-22(28-25)30-14-12-29(13-15-30)20-7-5-4-6-18(20)2/h4-7,16,19H,3,8-15,17H2,1-2H3.